The number of nitrogens with zero attached hydrogens (tertiary/aromatic N) is 4. The van der Waals surface area contributed by atoms with Crippen molar-refractivity contribution in [2.45, 2.75) is 33.2 Å². The van der Waals surface area contributed by atoms with E-state index in [0.717, 1.165) is 17.0 Å². The van der Waals surface area contributed by atoms with E-state index in [-0.39, 0.29) is 13.0 Å². The first kappa shape index (κ1) is 12.4. The summed E-state index contributed by atoms with van der Waals surface area (Å²) in [6, 6.07) is 0. The van der Waals surface area contributed by atoms with Crippen molar-refractivity contribution in [2.75, 3.05) is 0 Å². The van der Waals surface area contributed by atoms with Gasteiger partial charge >= 0.3 is 5.97 Å². The van der Waals surface area contributed by atoms with Crippen LogP contribution in [0.2, 0.25) is 0 Å². The molecule has 0 amide bonds. The Balaban J connectivity index is 2.49. The molecule has 0 bridgehead atoms. The van der Waals surface area contributed by atoms with E-state index in [9.17, 15) is 4.79 Å². The molecule has 7 nitrogen and oxygen atoms in total. The smallest absolute Gasteiger partial charge is 0.303 e. The molecule has 0 atom stereocenters. The van der Waals surface area contributed by atoms with Crippen LogP contribution in [0, 0.1) is 13.8 Å². The maximum Gasteiger partial charge on any atom is 0.303 e. The number of nitrogens with two attached hydrogens (primary N) is 1. The van der Waals surface area contributed by atoms with E-state index in [2.05, 4.69) is 15.1 Å². The topological polar surface area (TPSA) is 106 Å². The monoisotopic (exact) mass is 249 g/mol. The second kappa shape index (κ2) is 4.69. The highest BCUT2D eigenvalue weighted by atomic mass is 16.4. The van der Waals surface area contributed by atoms with Crippen molar-refractivity contribution < 1.29 is 9.90 Å². The quantitative estimate of drug-likeness (QED) is 0.802. The fourth-order valence-corrected chi connectivity index (χ4v) is 1.93. The number of hydrogen-bond donors (Lipinski definition) is 2. The van der Waals surface area contributed by atoms with Crippen LogP contribution >= 0.6 is 0 Å². The van der Waals surface area contributed by atoms with Crippen LogP contribution in [0.1, 0.15) is 29.2 Å². The summed E-state index contributed by atoms with van der Waals surface area (Å²) >= 11 is 0. The van der Waals surface area contributed by atoms with Gasteiger partial charge in [0.05, 0.1) is 6.54 Å². The van der Waals surface area contributed by atoms with Crippen molar-refractivity contribution in [1.82, 2.24) is 19.6 Å². The number of rotatable bonds is 4. The Morgan fingerprint density at radius 3 is 2.72 bits per heavy atom. The van der Waals surface area contributed by atoms with E-state index in [0.29, 0.717) is 18.0 Å². The molecule has 0 saturated heterocycles. The van der Waals surface area contributed by atoms with Gasteiger partial charge in [-0.15, -0.1) is 5.10 Å². The summed E-state index contributed by atoms with van der Waals surface area (Å²) in [5.41, 5.74) is 8.05. The number of hydrogen-bond acceptors (Lipinski definition) is 5. The highest BCUT2D eigenvalue weighted by Crippen LogP contribution is 2.15. The fraction of sp³-hybridized carbons (Fsp3) is 0.455. The van der Waals surface area contributed by atoms with E-state index >= 15 is 0 Å². The molecule has 0 spiro atoms. The van der Waals surface area contributed by atoms with E-state index in [1.165, 1.54) is 0 Å². The number of carbonyl (C=O) groups is 1. The van der Waals surface area contributed by atoms with Gasteiger partial charge in [0.25, 0.3) is 5.78 Å². The minimum Gasteiger partial charge on any atom is -0.481 e. The first-order valence-electron chi connectivity index (χ1n) is 5.66. The van der Waals surface area contributed by atoms with Gasteiger partial charge in [0.2, 0.25) is 0 Å². The molecule has 0 aliphatic rings. The summed E-state index contributed by atoms with van der Waals surface area (Å²) in [6.45, 7) is 3.99. The van der Waals surface area contributed by atoms with Crippen LogP contribution in [-0.4, -0.2) is 30.7 Å². The maximum atomic E-state index is 10.6. The molecule has 2 aromatic heterocycles. The van der Waals surface area contributed by atoms with Gasteiger partial charge in [0, 0.05) is 17.8 Å². The number of aryl methyl sites for hydroxylation is 2. The SMILES string of the molecule is Cc1nc2nc(CN)nn2c(C)c1CCC(=O)O. The molecule has 0 saturated carbocycles. The predicted molar refractivity (Wildman–Crippen MR) is 64.1 cm³/mol. The highest BCUT2D eigenvalue weighted by molar-refractivity contribution is 5.67. The zero-order chi connectivity index (χ0) is 13.3. The Kier molecular flexibility index (Phi) is 3.24. The molecule has 0 aliphatic carbocycles. The van der Waals surface area contributed by atoms with Crippen LogP contribution in [0.5, 0.6) is 0 Å². The van der Waals surface area contributed by atoms with Gasteiger partial charge in [0.1, 0.15) is 0 Å². The summed E-state index contributed by atoms with van der Waals surface area (Å²) < 4.78 is 1.62. The van der Waals surface area contributed by atoms with Gasteiger partial charge in [-0.1, -0.05) is 0 Å². The summed E-state index contributed by atoms with van der Waals surface area (Å²) in [5.74, 6) is 0.208. The van der Waals surface area contributed by atoms with Crippen LogP contribution in [-0.2, 0) is 17.8 Å². The van der Waals surface area contributed by atoms with Crippen LogP contribution in [0.15, 0.2) is 0 Å². The van der Waals surface area contributed by atoms with Gasteiger partial charge < -0.3 is 10.8 Å². The number of aromatic nitrogens is 4. The van der Waals surface area contributed by atoms with E-state index < -0.39 is 5.97 Å². The molecule has 0 radical (unpaired) electrons. The van der Waals surface area contributed by atoms with Crippen LogP contribution in [0.4, 0.5) is 0 Å². The second-order valence-electron chi connectivity index (χ2n) is 4.10. The molecule has 0 unspecified atom stereocenters. The second-order valence-corrected chi connectivity index (χ2v) is 4.10. The molecule has 96 valence electrons. The summed E-state index contributed by atoms with van der Waals surface area (Å²) in [4.78, 5) is 19.2. The van der Waals surface area contributed by atoms with Crippen molar-refractivity contribution in [1.29, 1.82) is 0 Å². The first-order valence-corrected chi connectivity index (χ1v) is 5.66. The van der Waals surface area contributed by atoms with Gasteiger partial charge in [-0.3, -0.25) is 4.79 Å². The minimum atomic E-state index is -0.824. The number of fused-ring (bicyclic) bond motifs is 1. The normalized spacial score (nSPS) is 11.1. The molecule has 0 fully saturated rings. The van der Waals surface area contributed by atoms with Gasteiger partial charge in [-0.2, -0.15) is 4.98 Å². The Bertz CT molecular complexity index is 605. The first-order chi connectivity index (χ1) is 8.52. The number of carboxylic acid groups (broad SMARTS) is 1. The zero-order valence-corrected chi connectivity index (χ0v) is 10.3. The minimum absolute atomic E-state index is 0.0767. The third-order valence-corrected chi connectivity index (χ3v) is 2.86. The van der Waals surface area contributed by atoms with Crippen molar-refractivity contribution in [3.05, 3.63) is 22.8 Å². The molecule has 0 aromatic carbocycles. The van der Waals surface area contributed by atoms with Crippen LogP contribution in [0.3, 0.4) is 0 Å². The Morgan fingerprint density at radius 1 is 1.39 bits per heavy atom. The van der Waals surface area contributed by atoms with Crippen LogP contribution in [0.25, 0.3) is 5.78 Å². The van der Waals surface area contributed by atoms with Gasteiger partial charge in [-0.05, 0) is 25.8 Å². The lowest BCUT2D eigenvalue weighted by atomic mass is 10.1. The summed E-state index contributed by atoms with van der Waals surface area (Å²) in [5, 5.41) is 13.0. The number of aliphatic carboxylic acids is 1. The fourth-order valence-electron chi connectivity index (χ4n) is 1.93. The largest absolute Gasteiger partial charge is 0.481 e. The Hall–Kier alpha value is -2.02. The predicted octanol–water partition coefficient (Wildman–Crippen LogP) is 0.217. The molecular weight excluding hydrogens is 234 g/mol. The molecule has 7 heteroatoms. The van der Waals surface area contributed by atoms with Gasteiger partial charge in [-0.25, -0.2) is 9.50 Å². The zero-order valence-electron chi connectivity index (χ0n) is 10.3. The standard InChI is InChI=1S/C11H15N5O2/c1-6-8(3-4-10(17)18)7(2)16-11(13-6)14-9(5-12)15-16/h3-5,12H2,1-2H3,(H,17,18). The molecule has 2 aromatic rings. The average molecular weight is 249 g/mol. The lowest BCUT2D eigenvalue weighted by molar-refractivity contribution is -0.136. The van der Waals surface area contributed by atoms with Crippen molar-refractivity contribution in [3.63, 3.8) is 0 Å². The third-order valence-electron chi connectivity index (χ3n) is 2.86. The molecule has 3 N–H and O–H groups in total. The van der Waals surface area contributed by atoms with Gasteiger partial charge in [0.15, 0.2) is 5.82 Å². The Morgan fingerprint density at radius 2 is 2.11 bits per heavy atom. The lowest BCUT2D eigenvalue weighted by Crippen LogP contribution is -2.08. The average Bonchev–Trinajstić information content (AvgIpc) is 2.71. The Labute approximate surface area is 104 Å². The molecule has 2 rings (SSSR count). The molecule has 18 heavy (non-hydrogen) atoms. The summed E-state index contributed by atoms with van der Waals surface area (Å²) in [6.07, 6.45) is 0.515. The third kappa shape index (κ3) is 2.17. The summed E-state index contributed by atoms with van der Waals surface area (Å²) in [7, 11) is 0. The molecular formula is C11H15N5O2. The van der Waals surface area contributed by atoms with Crippen molar-refractivity contribution in [3.8, 4) is 0 Å². The van der Waals surface area contributed by atoms with E-state index in [1.807, 2.05) is 13.8 Å². The molecule has 0 aliphatic heterocycles. The highest BCUT2D eigenvalue weighted by Gasteiger charge is 2.13. The lowest BCUT2D eigenvalue weighted by Gasteiger charge is -2.08. The van der Waals surface area contributed by atoms with E-state index in [1.54, 1.807) is 4.52 Å². The van der Waals surface area contributed by atoms with Crippen molar-refractivity contribution in [2.24, 2.45) is 5.73 Å². The van der Waals surface area contributed by atoms with E-state index in [4.69, 9.17) is 10.8 Å². The molecule has 2 heterocycles. The maximum absolute atomic E-state index is 10.6. The number of carboxylic acids is 1. The van der Waals surface area contributed by atoms with Crippen molar-refractivity contribution >= 4 is 11.7 Å². The van der Waals surface area contributed by atoms with Crippen LogP contribution < -0.4 is 5.73 Å².